The highest BCUT2D eigenvalue weighted by atomic mass is 35.5. The second-order valence-electron chi connectivity index (χ2n) is 6.03. The number of sulfonamides is 1. The predicted octanol–water partition coefficient (Wildman–Crippen LogP) is 2.69. The molecule has 9 heteroatoms. The quantitative estimate of drug-likeness (QED) is 0.818. The lowest BCUT2D eigenvalue weighted by Crippen LogP contribution is -2.31. The number of nitrogens with one attached hydrogen (secondary N) is 1. The Morgan fingerprint density at radius 1 is 1.38 bits per heavy atom. The van der Waals surface area contributed by atoms with Crippen LogP contribution < -0.4 is 9.62 Å². The van der Waals surface area contributed by atoms with Gasteiger partial charge in [0.05, 0.1) is 27.9 Å². The summed E-state index contributed by atoms with van der Waals surface area (Å²) in [7, 11) is -3.73. The van der Waals surface area contributed by atoms with Crippen molar-refractivity contribution in [3.63, 3.8) is 0 Å². The van der Waals surface area contributed by atoms with E-state index in [-0.39, 0.29) is 22.0 Å². The van der Waals surface area contributed by atoms with Crippen LogP contribution in [0.25, 0.3) is 0 Å². The third-order valence-corrected chi connectivity index (χ3v) is 7.16. The molecule has 26 heavy (non-hydrogen) atoms. The molecule has 0 saturated carbocycles. The molecule has 0 bridgehead atoms. The molecule has 3 rings (SSSR count). The first-order chi connectivity index (χ1) is 12.3. The maximum atomic E-state index is 12.4. The first kappa shape index (κ1) is 18.9. The molecule has 1 fully saturated rings. The number of carbonyl (C=O) groups is 2. The number of thiophene rings is 1. The first-order valence-electron chi connectivity index (χ1n) is 7.96. The molecular formula is C17H17ClN2O4S2. The maximum Gasteiger partial charge on any atom is 0.252 e. The molecule has 0 aliphatic carbocycles. The van der Waals surface area contributed by atoms with Gasteiger partial charge in [-0.25, -0.2) is 12.7 Å². The number of nitrogens with zero attached hydrogens (tertiary/aromatic N) is 1. The fourth-order valence-electron chi connectivity index (χ4n) is 2.75. The van der Waals surface area contributed by atoms with Crippen LogP contribution in [0.3, 0.4) is 0 Å². The van der Waals surface area contributed by atoms with Gasteiger partial charge in [0.15, 0.2) is 0 Å². The maximum absolute atomic E-state index is 12.4. The number of anilines is 1. The van der Waals surface area contributed by atoms with Gasteiger partial charge in [-0.15, -0.1) is 11.3 Å². The van der Waals surface area contributed by atoms with Crippen molar-refractivity contribution in [2.45, 2.75) is 13.3 Å². The summed E-state index contributed by atoms with van der Waals surface area (Å²) in [5.74, 6) is -1.77. The summed E-state index contributed by atoms with van der Waals surface area (Å²) >= 11 is 7.71. The normalized spacial score (nSPS) is 18.9. The van der Waals surface area contributed by atoms with Gasteiger partial charge in [0.2, 0.25) is 15.9 Å². The van der Waals surface area contributed by atoms with Crippen LogP contribution in [0.4, 0.5) is 5.69 Å². The summed E-state index contributed by atoms with van der Waals surface area (Å²) in [6.45, 7) is 1.99. The molecule has 1 saturated heterocycles. The Morgan fingerprint density at radius 3 is 2.77 bits per heavy atom. The van der Waals surface area contributed by atoms with Gasteiger partial charge < -0.3 is 5.32 Å². The Kier molecular flexibility index (Phi) is 5.36. The van der Waals surface area contributed by atoms with E-state index in [1.807, 2.05) is 17.5 Å². The second kappa shape index (κ2) is 7.38. The summed E-state index contributed by atoms with van der Waals surface area (Å²) in [4.78, 5) is 25.8. The Labute approximate surface area is 160 Å². The Morgan fingerprint density at radius 2 is 2.15 bits per heavy atom. The molecule has 1 N–H and O–H groups in total. The van der Waals surface area contributed by atoms with E-state index in [0.29, 0.717) is 13.0 Å². The topological polar surface area (TPSA) is 83.6 Å². The van der Waals surface area contributed by atoms with E-state index in [1.165, 1.54) is 18.2 Å². The van der Waals surface area contributed by atoms with Gasteiger partial charge in [0, 0.05) is 11.4 Å². The Bertz CT molecular complexity index is 942. The Balaban J connectivity index is 1.79. The number of benzene rings is 1. The summed E-state index contributed by atoms with van der Waals surface area (Å²) in [6.07, 6.45) is 0.692. The summed E-state index contributed by atoms with van der Waals surface area (Å²) in [5.41, 5.74) is 0.269. The molecular weight excluding hydrogens is 396 g/mol. The molecule has 2 heterocycles. The molecule has 2 aromatic rings. The molecule has 6 nitrogen and oxygen atoms in total. The summed E-state index contributed by atoms with van der Waals surface area (Å²) in [6, 6.07) is 8.12. The SMILES string of the molecule is CC1CS(=O)(=O)N(c2ccc(Cl)c(C(=O)NCCc3cccs3)c2)C1=O. The van der Waals surface area contributed by atoms with Crippen LogP contribution >= 0.6 is 22.9 Å². The second-order valence-corrected chi connectivity index (χ2v) is 9.33. The fraction of sp³-hybridized carbons (Fsp3) is 0.294. The third-order valence-electron chi connectivity index (χ3n) is 4.03. The van der Waals surface area contributed by atoms with Crippen molar-refractivity contribution in [3.05, 3.63) is 51.2 Å². The van der Waals surface area contributed by atoms with Crippen LogP contribution in [0.5, 0.6) is 0 Å². The number of carbonyl (C=O) groups excluding carboxylic acids is 2. The van der Waals surface area contributed by atoms with Crippen molar-refractivity contribution < 1.29 is 18.0 Å². The average Bonchev–Trinajstić information content (AvgIpc) is 3.15. The third kappa shape index (κ3) is 3.77. The number of rotatable bonds is 5. The van der Waals surface area contributed by atoms with Crippen LogP contribution in [-0.2, 0) is 21.2 Å². The molecule has 1 aromatic carbocycles. The van der Waals surface area contributed by atoms with Gasteiger partial charge in [0.25, 0.3) is 5.91 Å². The zero-order valence-corrected chi connectivity index (χ0v) is 16.3. The highest BCUT2D eigenvalue weighted by Crippen LogP contribution is 2.31. The summed E-state index contributed by atoms with van der Waals surface area (Å²) < 4.78 is 25.2. The van der Waals surface area contributed by atoms with E-state index in [0.717, 1.165) is 9.18 Å². The van der Waals surface area contributed by atoms with Crippen LogP contribution in [0.2, 0.25) is 5.02 Å². The van der Waals surface area contributed by atoms with Crippen LogP contribution in [0.15, 0.2) is 35.7 Å². The van der Waals surface area contributed by atoms with Gasteiger partial charge in [-0.2, -0.15) is 0 Å². The van der Waals surface area contributed by atoms with E-state index in [2.05, 4.69) is 5.32 Å². The molecule has 138 valence electrons. The minimum absolute atomic E-state index is 0.132. The van der Waals surface area contributed by atoms with Crippen LogP contribution in [0, 0.1) is 5.92 Å². The van der Waals surface area contributed by atoms with Crippen molar-refractivity contribution in [3.8, 4) is 0 Å². The molecule has 1 atom stereocenters. The highest BCUT2D eigenvalue weighted by molar-refractivity contribution is 7.94. The number of amides is 2. The number of halogens is 1. The van der Waals surface area contributed by atoms with E-state index < -0.39 is 27.8 Å². The molecule has 0 radical (unpaired) electrons. The van der Waals surface area contributed by atoms with Gasteiger partial charge in [-0.1, -0.05) is 24.6 Å². The molecule has 1 aromatic heterocycles. The van der Waals surface area contributed by atoms with Gasteiger partial charge in [-0.3, -0.25) is 9.59 Å². The van der Waals surface area contributed by atoms with E-state index in [1.54, 1.807) is 18.3 Å². The average molecular weight is 413 g/mol. The zero-order chi connectivity index (χ0) is 18.9. The van der Waals surface area contributed by atoms with Crippen molar-refractivity contribution >= 4 is 50.5 Å². The van der Waals surface area contributed by atoms with Crippen LogP contribution in [0.1, 0.15) is 22.2 Å². The molecule has 1 unspecified atom stereocenters. The molecule has 2 amide bonds. The van der Waals surface area contributed by atoms with Crippen molar-refractivity contribution in [2.24, 2.45) is 5.92 Å². The lowest BCUT2D eigenvalue weighted by atomic mass is 10.1. The smallest absolute Gasteiger partial charge is 0.252 e. The van der Waals surface area contributed by atoms with Crippen LogP contribution in [-0.4, -0.2) is 32.5 Å². The van der Waals surface area contributed by atoms with Gasteiger partial charge in [0.1, 0.15) is 0 Å². The van der Waals surface area contributed by atoms with Gasteiger partial charge in [-0.05, 0) is 36.1 Å². The first-order valence-corrected chi connectivity index (χ1v) is 10.8. The lowest BCUT2D eigenvalue weighted by molar-refractivity contribution is -0.119. The van der Waals surface area contributed by atoms with Crippen molar-refractivity contribution in [1.82, 2.24) is 5.32 Å². The predicted molar refractivity (Wildman–Crippen MR) is 102 cm³/mol. The fourth-order valence-corrected chi connectivity index (χ4v) is 5.47. The highest BCUT2D eigenvalue weighted by Gasteiger charge is 2.42. The lowest BCUT2D eigenvalue weighted by Gasteiger charge is -2.17. The van der Waals surface area contributed by atoms with Gasteiger partial charge >= 0.3 is 0 Å². The molecule has 1 aliphatic heterocycles. The number of hydrogen-bond donors (Lipinski definition) is 1. The summed E-state index contributed by atoms with van der Waals surface area (Å²) in [5, 5.41) is 4.93. The van der Waals surface area contributed by atoms with Crippen molar-refractivity contribution in [1.29, 1.82) is 0 Å². The molecule has 1 aliphatic rings. The minimum atomic E-state index is -3.73. The largest absolute Gasteiger partial charge is 0.352 e. The van der Waals surface area contributed by atoms with E-state index >= 15 is 0 Å². The van der Waals surface area contributed by atoms with Crippen molar-refractivity contribution in [2.75, 3.05) is 16.6 Å². The number of hydrogen-bond acceptors (Lipinski definition) is 5. The zero-order valence-electron chi connectivity index (χ0n) is 13.9. The standard InChI is InChI=1S/C17H17ClN2O4S2/c1-11-10-26(23,24)20(17(11)22)12-4-5-15(18)14(9-12)16(21)19-7-6-13-3-2-8-25-13/h2-5,8-9,11H,6-7,10H2,1H3,(H,19,21). The molecule has 0 spiro atoms. The van der Waals surface area contributed by atoms with E-state index in [4.69, 9.17) is 11.6 Å². The van der Waals surface area contributed by atoms with E-state index in [9.17, 15) is 18.0 Å². The minimum Gasteiger partial charge on any atom is -0.352 e. The Hall–Kier alpha value is -1.90. The monoisotopic (exact) mass is 412 g/mol.